The van der Waals surface area contributed by atoms with E-state index < -0.39 is 6.10 Å². The van der Waals surface area contributed by atoms with Crippen molar-refractivity contribution in [3.05, 3.63) is 50.7 Å². The highest BCUT2D eigenvalue weighted by Crippen LogP contribution is 2.43. The van der Waals surface area contributed by atoms with Gasteiger partial charge >= 0.3 is 0 Å². The van der Waals surface area contributed by atoms with Gasteiger partial charge in [0.1, 0.15) is 11.9 Å². The number of hydrogen-bond donors (Lipinski definition) is 1. The molecule has 1 N–H and O–H groups in total. The summed E-state index contributed by atoms with van der Waals surface area (Å²) in [6.07, 6.45) is 0.00180. The maximum absolute atomic E-state index is 10.2. The van der Waals surface area contributed by atoms with Crippen molar-refractivity contribution in [3.63, 3.8) is 0 Å². The average Bonchev–Trinajstić information content (AvgIpc) is 2.76. The molecule has 4 heteroatoms. The minimum atomic E-state index is -0.515. The highest BCUT2D eigenvalue weighted by molar-refractivity contribution is 7.10. The van der Waals surface area contributed by atoms with Gasteiger partial charge in [-0.15, -0.1) is 11.3 Å². The van der Waals surface area contributed by atoms with Crippen LogP contribution < -0.4 is 4.74 Å². The number of benzene rings is 1. The number of aliphatic hydroxyl groups excluding tert-OH is 1. The van der Waals surface area contributed by atoms with Gasteiger partial charge in [0, 0.05) is 21.9 Å². The molecule has 0 saturated heterocycles. The highest BCUT2D eigenvalue weighted by atomic mass is 35.5. The lowest BCUT2D eigenvalue weighted by Crippen LogP contribution is -2.18. The summed E-state index contributed by atoms with van der Waals surface area (Å²) in [4.78, 5) is 1.19. The summed E-state index contributed by atoms with van der Waals surface area (Å²) in [6.45, 7) is 2.07. The topological polar surface area (TPSA) is 29.5 Å². The highest BCUT2D eigenvalue weighted by Gasteiger charge is 2.29. The Morgan fingerprint density at radius 3 is 2.94 bits per heavy atom. The zero-order chi connectivity index (χ0) is 12.7. The summed E-state index contributed by atoms with van der Waals surface area (Å²) in [5.74, 6) is 0.732. The SMILES string of the molecule is Cc1ccsc1C1CC(O)c2cc(Cl)ccc2O1. The van der Waals surface area contributed by atoms with Crippen LogP contribution in [0.1, 0.15) is 34.6 Å². The molecule has 94 valence electrons. The van der Waals surface area contributed by atoms with E-state index in [1.807, 2.05) is 6.07 Å². The van der Waals surface area contributed by atoms with E-state index >= 15 is 0 Å². The van der Waals surface area contributed by atoms with Crippen LogP contribution in [0.3, 0.4) is 0 Å². The van der Waals surface area contributed by atoms with Gasteiger partial charge < -0.3 is 9.84 Å². The predicted molar refractivity (Wildman–Crippen MR) is 73.5 cm³/mol. The summed E-state index contributed by atoms with van der Waals surface area (Å²) >= 11 is 7.61. The molecule has 3 rings (SSSR count). The zero-order valence-corrected chi connectivity index (χ0v) is 11.5. The minimum absolute atomic E-state index is 0.0614. The number of aryl methyl sites for hydroxylation is 1. The summed E-state index contributed by atoms with van der Waals surface area (Å²) < 4.78 is 5.97. The van der Waals surface area contributed by atoms with E-state index in [1.165, 1.54) is 10.4 Å². The molecule has 0 bridgehead atoms. The van der Waals surface area contributed by atoms with Crippen LogP contribution in [0.4, 0.5) is 0 Å². The van der Waals surface area contributed by atoms with E-state index in [1.54, 1.807) is 23.5 Å². The zero-order valence-electron chi connectivity index (χ0n) is 9.89. The van der Waals surface area contributed by atoms with Gasteiger partial charge in [0.2, 0.25) is 0 Å². The van der Waals surface area contributed by atoms with Crippen LogP contribution in [0.25, 0.3) is 0 Å². The van der Waals surface area contributed by atoms with Gasteiger partial charge in [-0.1, -0.05) is 11.6 Å². The Labute approximate surface area is 115 Å². The number of thiophene rings is 1. The van der Waals surface area contributed by atoms with E-state index in [-0.39, 0.29) is 6.10 Å². The van der Waals surface area contributed by atoms with Gasteiger partial charge in [-0.3, -0.25) is 0 Å². The second kappa shape index (κ2) is 4.57. The molecule has 1 aromatic heterocycles. The lowest BCUT2D eigenvalue weighted by molar-refractivity contribution is 0.0672. The van der Waals surface area contributed by atoms with Crippen LogP contribution in [0, 0.1) is 6.92 Å². The standard InChI is InChI=1S/C14H13ClO2S/c1-8-4-5-18-14(8)13-7-11(16)10-6-9(15)2-3-12(10)17-13/h2-6,11,13,16H,7H2,1H3. The van der Waals surface area contributed by atoms with E-state index in [4.69, 9.17) is 16.3 Å². The van der Waals surface area contributed by atoms with Gasteiger partial charge in [-0.05, 0) is 42.1 Å². The van der Waals surface area contributed by atoms with Crippen molar-refractivity contribution in [1.82, 2.24) is 0 Å². The van der Waals surface area contributed by atoms with Crippen LogP contribution in [-0.2, 0) is 0 Å². The fraction of sp³-hybridized carbons (Fsp3) is 0.286. The van der Waals surface area contributed by atoms with Crippen molar-refractivity contribution in [2.24, 2.45) is 0 Å². The Morgan fingerprint density at radius 2 is 2.22 bits per heavy atom. The third kappa shape index (κ3) is 2.03. The van der Waals surface area contributed by atoms with Gasteiger partial charge in [0.25, 0.3) is 0 Å². The smallest absolute Gasteiger partial charge is 0.136 e. The first-order valence-corrected chi connectivity index (χ1v) is 7.09. The Kier molecular flexibility index (Phi) is 3.06. The van der Waals surface area contributed by atoms with Gasteiger partial charge in [-0.2, -0.15) is 0 Å². The quantitative estimate of drug-likeness (QED) is 0.845. The third-order valence-corrected chi connectivity index (χ3v) is 4.58. The molecule has 0 fully saturated rings. The summed E-state index contributed by atoms with van der Waals surface area (Å²) in [5.41, 5.74) is 2.00. The first kappa shape index (κ1) is 12.0. The molecular weight excluding hydrogens is 268 g/mol. The van der Waals surface area contributed by atoms with Gasteiger partial charge in [0.15, 0.2) is 0 Å². The first-order chi connectivity index (χ1) is 8.65. The Hall–Kier alpha value is -1.03. The van der Waals surface area contributed by atoms with Crippen LogP contribution in [-0.4, -0.2) is 5.11 Å². The molecule has 2 heterocycles. The normalized spacial score (nSPS) is 22.4. The van der Waals surface area contributed by atoms with Gasteiger partial charge in [0.05, 0.1) is 6.10 Å². The minimum Gasteiger partial charge on any atom is -0.484 e. The molecule has 1 aliphatic heterocycles. The van der Waals surface area contributed by atoms with Crippen molar-refractivity contribution in [2.75, 3.05) is 0 Å². The molecular formula is C14H13ClO2S. The van der Waals surface area contributed by atoms with Crippen molar-refractivity contribution in [3.8, 4) is 5.75 Å². The van der Waals surface area contributed by atoms with Crippen molar-refractivity contribution < 1.29 is 9.84 Å². The van der Waals surface area contributed by atoms with E-state index in [9.17, 15) is 5.11 Å². The Bertz CT molecular complexity index is 579. The summed E-state index contributed by atoms with van der Waals surface area (Å²) in [7, 11) is 0. The fourth-order valence-corrected chi connectivity index (χ4v) is 3.44. The van der Waals surface area contributed by atoms with Crippen LogP contribution in [0.5, 0.6) is 5.75 Å². The number of aliphatic hydroxyl groups is 1. The molecule has 0 amide bonds. The Balaban J connectivity index is 1.97. The largest absolute Gasteiger partial charge is 0.484 e. The molecule has 1 aliphatic rings. The van der Waals surface area contributed by atoms with Crippen LogP contribution in [0.15, 0.2) is 29.6 Å². The van der Waals surface area contributed by atoms with E-state index in [0.717, 1.165) is 11.3 Å². The predicted octanol–water partition coefficient (Wildman–Crippen LogP) is 4.27. The molecule has 0 aliphatic carbocycles. The number of ether oxygens (including phenoxy) is 1. The molecule has 2 atom stereocenters. The fourth-order valence-electron chi connectivity index (χ4n) is 2.29. The molecule has 0 radical (unpaired) electrons. The van der Waals surface area contributed by atoms with Gasteiger partial charge in [-0.25, -0.2) is 0 Å². The number of halogens is 1. The monoisotopic (exact) mass is 280 g/mol. The van der Waals surface area contributed by atoms with Crippen molar-refractivity contribution in [2.45, 2.75) is 25.6 Å². The van der Waals surface area contributed by atoms with Crippen LogP contribution >= 0.6 is 22.9 Å². The third-order valence-electron chi connectivity index (χ3n) is 3.23. The first-order valence-electron chi connectivity index (χ1n) is 5.83. The number of fused-ring (bicyclic) bond motifs is 1. The van der Waals surface area contributed by atoms with E-state index in [0.29, 0.717) is 11.4 Å². The van der Waals surface area contributed by atoms with Crippen LogP contribution in [0.2, 0.25) is 5.02 Å². The number of hydrogen-bond acceptors (Lipinski definition) is 3. The lowest BCUT2D eigenvalue weighted by atomic mass is 9.97. The molecule has 18 heavy (non-hydrogen) atoms. The maximum atomic E-state index is 10.2. The number of rotatable bonds is 1. The van der Waals surface area contributed by atoms with E-state index in [2.05, 4.69) is 18.4 Å². The lowest BCUT2D eigenvalue weighted by Gasteiger charge is -2.29. The molecule has 2 nitrogen and oxygen atoms in total. The summed E-state index contributed by atoms with van der Waals surface area (Å²) in [5, 5.41) is 12.9. The van der Waals surface area contributed by atoms with Crippen molar-refractivity contribution in [1.29, 1.82) is 0 Å². The van der Waals surface area contributed by atoms with Crippen molar-refractivity contribution >= 4 is 22.9 Å². The molecule has 0 spiro atoms. The molecule has 2 aromatic rings. The molecule has 0 saturated carbocycles. The Morgan fingerprint density at radius 1 is 1.39 bits per heavy atom. The second-order valence-corrected chi connectivity index (χ2v) is 5.89. The summed E-state index contributed by atoms with van der Waals surface area (Å²) in [6, 6.07) is 7.47. The second-order valence-electron chi connectivity index (χ2n) is 4.51. The molecule has 2 unspecified atom stereocenters. The average molecular weight is 281 g/mol. The maximum Gasteiger partial charge on any atom is 0.136 e. The molecule has 1 aromatic carbocycles.